The van der Waals surface area contributed by atoms with Crippen molar-refractivity contribution in [2.24, 2.45) is 0 Å². The Balaban J connectivity index is 2.07. The Morgan fingerprint density at radius 1 is 0.833 bits per heavy atom. The van der Waals surface area contributed by atoms with Crippen LogP contribution in [0.5, 0.6) is 0 Å². The minimum Gasteiger partial charge on any atom is -0.481 e. The van der Waals surface area contributed by atoms with Crippen molar-refractivity contribution in [2.75, 3.05) is 0 Å². The molecule has 0 radical (unpaired) electrons. The molecule has 18 heavy (non-hydrogen) atoms. The fourth-order valence-corrected chi connectivity index (χ4v) is 2.06. The van der Waals surface area contributed by atoms with Gasteiger partial charge in [-0.05, 0) is 29.5 Å². The Labute approximate surface area is 107 Å². The molecular formula is C16H16O2. The number of aliphatic carboxylic acids is 1. The summed E-state index contributed by atoms with van der Waals surface area (Å²) in [5.41, 5.74) is 3.33. The summed E-state index contributed by atoms with van der Waals surface area (Å²) in [5, 5.41) is 8.88. The molecule has 2 aromatic rings. The molecule has 0 heterocycles. The molecule has 1 N–H and O–H groups in total. The molecule has 0 aromatic heterocycles. The third-order valence-electron chi connectivity index (χ3n) is 2.99. The van der Waals surface area contributed by atoms with Crippen molar-refractivity contribution in [2.45, 2.75) is 19.3 Å². The van der Waals surface area contributed by atoms with Gasteiger partial charge in [-0.3, -0.25) is 4.79 Å². The van der Waals surface area contributed by atoms with Crippen molar-refractivity contribution >= 4 is 5.97 Å². The van der Waals surface area contributed by atoms with Gasteiger partial charge >= 0.3 is 5.97 Å². The number of carbonyl (C=O) groups is 1. The fourth-order valence-electron chi connectivity index (χ4n) is 2.06. The Morgan fingerprint density at radius 2 is 1.44 bits per heavy atom. The van der Waals surface area contributed by atoms with E-state index in [-0.39, 0.29) is 6.42 Å². The fraction of sp³-hybridized carbons (Fsp3) is 0.188. The summed E-state index contributed by atoms with van der Waals surface area (Å²) in [6, 6.07) is 18.0. The van der Waals surface area contributed by atoms with Crippen LogP contribution in [0.2, 0.25) is 0 Å². The third kappa shape index (κ3) is 3.45. The standard InChI is InChI=1S/C16H16O2/c17-16(18)12-15-9-5-4-8-14(15)11-10-13-6-2-1-3-7-13/h1-9H,10-12H2,(H,17,18). The van der Waals surface area contributed by atoms with Crippen LogP contribution in [-0.2, 0) is 24.1 Å². The Kier molecular flexibility index (Phi) is 4.13. The first-order valence-electron chi connectivity index (χ1n) is 6.08. The molecule has 0 fully saturated rings. The van der Waals surface area contributed by atoms with Crippen LogP contribution >= 0.6 is 0 Å². The van der Waals surface area contributed by atoms with Gasteiger partial charge in [0.2, 0.25) is 0 Å². The lowest BCUT2D eigenvalue weighted by Crippen LogP contribution is -2.04. The van der Waals surface area contributed by atoms with Crippen LogP contribution in [0.3, 0.4) is 0 Å². The van der Waals surface area contributed by atoms with Crippen molar-refractivity contribution < 1.29 is 9.90 Å². The summed E-state index contributed by atoms with van der Waals surface area (Å²) in [5.74, 6) is -0.776. The number of hydrogen-bond donors (Lipinski definition) is 1. The number of hydrogen-bond acceptors (Lipinski definition) is 1. The summed E-state index contributed by atoms with van der Waals surface area (Å²) in [7, 11) is 0. The lowest BCUT2D eigenvalue weighted by molar-refractivity contribution is -0.136. The number of carboxylic acid groups (broad SMARTS) is 1. The van der Waals surface area contributed by atoms with Gasteiger partial charge in [0, 0.05) is 0 Å². The average molecular weight is 240 g/mol. The molecule has 0 bridgehead atoms. The first-order chi connectivity index (χ1) is 8.75. The van der Waals surface area contributed by atoms with Crippen molar-refractivity contribution in [3.05, 3.63) is 71.3 Å². The molecule has 0 aliphatic carbocycles. The highest BCUT2D eigenvalue weighted by atomic mass is 16.4. The smallest absolute Gasteiger partial charge is 0.307 e. The van der Waals surface area contributed by atoms with Gasteiger partial charge in [-0.15, -0.1) is 0 Å². The largest absolute Gasteiger partial charge is 0.481 e. The van der Waals surface area contributed by atoms with Gasteiger partial charge in [0.05, 0.1) is 6.42 Å². The zero-order chi connectivity index (χ0) is 12.8. The summed E-state index contributed by atoms with van der Waals surface area (Å²) in [4.78, 5) is 10.8. The second-order valence-corrected chi connectivity index (χ2v) is 4.32. The van der Waals surface area contributed by atoms with Gasteiger partial charge in [-0.1, -0.05) is 54.6 Å². The van der Waals surface area contributed by atoms with Crippen LogP contribution < -0.4 is 0 Å². The zero-order valence-corrected chi connectivity index (χ0v) is 10.2. The average Bonchev–Trinajstić information content (AvgIpc) is 2.38. The third-order valence-corrected chi connectivity index (χ3v) is 2.99. The molecule has 0 amide bonds. The zero-order valence-electron chi connectivity index (χ0n) is 10.2. The molecule has 2 heteroatoms. The minimum absolute atomic E-state index is 0.102. The molecule has 0 saturated heterocycles. The lowest BCUT2D eigenvalue weighted by Gasteiger charge is -2.07. The molecule has 0 aliphatic rings. The molecule has 2 aromatic carbocycles. The summed E-state index contributed by atoms with van der Waals surface area (Å²) in [6.45, 7) is 0. The molecule has 0 aliphatic heterocycles. The Morgan fingerprint density at radius 3 is 2.11 bits per heavy atom. The van der Waals surface area contributed by atoms with E-state index < -0.39 is 5.97 Å². The van der Waals surface area contributed by atoms with E-state index in [4.69, 9.17) is 5.11 Å². The maximum Gasteiger partial charge on any atom is 0.307 e. The van der Waals surface area contributed by atoms with Gasteiger partial charge in [0.15, 0.2) is 0 Å². The normalized spacial score (nSPS) is 10.2. The lowest BCUT2D eigenvalue weighted by atomic mass is 9.98. The van der Waals surface area contributed by atoms with Gasteiger partial charge < -0.3 is 5.11 Å². The van der Waals surface area contributed by atoms with E-state index in [0.29, 0.717) is 0 Å². The van der Waals surface area contributed by atoms with Crippen LogP contribution in [0, 0.1) is 0 Å². The molecule has 0 atom stereocenters. The van der Waals surface area contributed by atoms with Crippen LogP contribution in [0.15, 0.2) is 54.6 Å². The van der Waals surface area contributed by atoms with E-state index in [1.165, 1.54) is 5.56 Å². The highest BCUT2D eigenvalue weighted by Crippen LogP contribution is 2.13. The summed E-state index contributed by atoms with van der Waals surface area (Å²) < 4.78 is 0. The van der Waals surface area contributed by atoms with Crippen molar-refractivity contribution in [3.63, 3.8) is 0 Å². The van der Waals surface area contributed by atoms with E-state index >= 15 is 0 Å². The first kappa shape index (κ1) is 12.4. The molecular weight excluding hydrogens is 224 g/mol. The van der Waals surface area contributed by atoms with Crippen molar-refractivity contribution in [1.29, 1.82) is 0 Å². The predicted molar refractivity (Wildman–Crippen MR) is 71.6 cm³/mol. The van der Waals surface area contributed by atoms with E-state index in [0.717, 1.165) is 24.0 Å². The summed E-state index contributed by atoms with van der Waals surface area (Å²) in [6.07, 6.45) is 1.93. The molecule has 0 saturated carbocycles. The highest BCUT2D eigenvalue weighted by molar-refractivity contribution is 5.70. The van der Waals surface area contributed by atoms with E-state index in [9.17, 15) is 4.79 Å². The maximum absolute atomic E-state index is 10.8. The van der Waals surface area contributed by atoms with Crippen LogP contribution in [0.1, 0.15) is 16.7 Å². The number of carboxylic acids is 1. The molecule has 0 unspecified atom stereocenters. The van der Waals surface area contributed by atoms with Gasteiger partial charge in [0.1, 0.15) is 0 Å². The Hall–Kier alpha value is -2.09. The van der Waals surface area contributed by atoms with E-state index in [1.807, 2.05) is 42.5 Å². The second kappa shape index (κ2) is 6.01. The van der Waals surface area contributed by atoms with Crippen molar-refractivity contribution in [1.82, 2.24) is 0 Å². The SMILES string of the molecule is O=C(O)Cc1ccccc1CCc1ccccc1. The molecule has 2 nitrogen and oxygen atoms in total. The predicted octanol–water partition coefficient (Wildman–Crippen LogP) is 3.10. The monoisotopic (exact) mass is 240 g/mol. The highest BCUT2D eigenvalue weighted by Gasteiger charge is 2.06. The topological polar surface area (TPSA) is 37.3 Å². The van der Waals surface area contributed by atoms with Crippen LogP contribution in [-0.4, -0.2) is 11.1 Å². The molecule has 0 spiro atoms. The minimum atomic E-state index is -0.776. The first-order valence-corrected chi connectivity index (χ1v) is 6.08. The summed E-state index contributed by atoms with van der Waals surface area (Å²) >= 11 is 0. The molecule has 92 valence electrons. The van der Waals surface area contributed by atoms with E-state index in [2.05, 4.69) is 12.1 Å². The Bertz CT molecular complexity index is 518. The number of benzene rings is 2. The number of rotatable bonds is 5. The number of aryl methyl sites for hydroxylation is 2. The van der Waals surface area contributed by atoms with Gasteiger partial charge in [0.25, 0.3) is 0 Å². The van der Waals surface area contributed by atoms with Gasteiger partial charge in [-0.25, -0.2) is 0 Å². The van der Waals surface area contributed by atoms with Crippen molar-refractivity contribution in [3.8, 4) is 0 Å². The van der Waals surface area contributed by atoms with E-state index in [1.54, 1.807) is 0 Å². The van der Waals surface area contributed by atoms with Crippen LogP contribution in [0.4, 0.5) is 0 Å². The van der Waals surface area contributed by atoms with Crippen LogP contribution in [0.25, 0.3) is 0 Å². The maximum atomic E-state index is 10.8. The van der Waals surface area contributed by atoms with Gasteiger partial charge in [-0.2, -0.15) is 0 Å². The second-order valence-electron chi connectivity index (χ2n) is 4.32. The molecule has 2 rings (SSSR count). The quantitative estimate of drug-likeness (QED) is 0.872.